The molecule has 0 saturated heterocycles. The number of nitrogens with two attached hydrogens (primary N) is 1. The molecule has 0 saturated carbocycles. The molecule has 0 radical (unpaired) electrons. The molecule has 2 aromatic carbocycles. The summed E-state index contributed by atoms with van der Waals surface area (Å²) in [6.07, 6.45) is 0. The minimum absolute atomic E-state index is 0.120. The molecule has 0 aromatic heterocycles. The number of allylic oxidation sites excluding steroid dienone is 1. The number of hydrogen-bond donors (Lipinski definition) is 1. The molecule has 1 aliphatic heterocycles. The lowest BCUT2D eigenvalue weighted by atomic mass is 9.97. The van der Waals surface area contributed by atoms with E-state index in [-0.39, 0.29) is 11.6 Å². The summed E-state index contributed by atoms with van der Waals surface area (Å²) in [5, 5.41) is 0.478. The van der Waals surface area contributed by atoms with Gasteiger partial charge < -0.3 is 5.73 Å². The smallest absolute Gasteiger partial charge is 0.183 e. The lowest BCUT2D eigenvalue weighted by molar-refractivity contribution is -0.113. The van der Waals surface area contributed by atoms with Crippen molar-refractivity contribution in [3.8, 4) is 0 Å². The van der Waals surface area contributed by atoms with Crippen molar-refractivity contribution in [2.45, 2.75) is 5.25 Å². The Morgan fingerprint density at radius 3 is 2.62 bits per heavy atom. The number of carbonyl (C=O) groups excluding carboxylic acids is 1. The minimum Gasteiger partial charge on any atom is -0.393 e. The minimum atomic E-state index is -0.505. The Kier molecular flexibility index (Phi) is 3.74. The molecule has 1 unspecified atom stereocenters. The highest BCUT2D eigenvalue weighted by atomic mass is 35.5. The first-order chi connectivity index (χ1) is 10.1. The maximum absolute atomic E-state index is 13.3. The van der Waals surface area contributed by atoms with Crippen LogP contribution in [0.15, 0.2) is 53.6 Å². The highest BCUT2D eigenvalue weighted by Gasteiger charge is 2.34. The maximum atomic E-state index is 13.3. The van der Waals surface area contributed by atoms with Gasteiger partial charge >= 0.3 is 0 Å². The van der Waals surface area contributed by atoms with Crippen LogP contribution in [0.5, 0.6) is 0 Å². The van der Waals surface area contributed by atoms with Crippen molar-refractivity contribution >= 4 is 34.7 Å². The molecule has 0 spiro atoms. The maximum Gasteiger partial charge on any atom is 0.183 e. The molecule has 0 fully saturated rings. The first kappa shape index (κ1) is 14.2. The van der Waals surface area contributed by atoms with Crippen molar-refractivity contribution in [2.24, 2.45) is 5.73 Å². The average Bonchev–Trinajstić information content (AvgIpc) is 2.74. The van der Waals surface area contributed by atoms with Gasteiger partial charge in [-0.15, -0.1) is 0 Å². The summed E-state index contributed by atoms with van der Waals surface area (Å²) in [6.45, 7) is 0. The molecule has 2 nitrogen and oxygen atoms in total. The molecule has 2 aromatic rings. The van der Waals surface area contributed by atoms with Crippen LogP contribution in [-0.2, 0) is 4.79 Å². The highest BCUT2D eigenvalue weighted by Crippen LogP contribution is 2.46. The molecule has 1 atom stereocenters. The van der Waals surface area contributed by atoms with E-state index in [0.29, 0.717) is 26.8 Å². The van der Waals surface area contributed by atoms with Crippen LogP contribution in [0.2, 0.25) is 5.02 Å². The molecule has 1 heterocycles. The Labute approximate surface area is 130 Å². The van der Waals surface area contributed by atoms with E-state index in [0.717, 1.165) is 0 Å². The Balaban J connectivity index is 1.98. The van der Waals surface area contributed by atoms with E-state index >= 15 is 0 Å². The first-order valence-electron chi connectivity index (χ1n) is 6.28. The number of Topliss-reactive ketones (excluding diaryl/α,β-unsaturated/α-hetero) is 1. The van der Waals surface area contributed by atoms with Gasteiger partial charge in [0.15, 0.2) is 5.78 Å². The zero-order chi connectivity index (χ0) is 15.0. The second kappa shape index (κ2) is 5.54. The molecular weight excluding hydrogens is 309 g/mol. The third-order valence-electron chi connectivity index (χ3n) is 3.24. The van der Waals surface area contributed by atoms with Gasteiger partial charge in [0.25, 0.3) is 0 Å². The van der Waals surface area contributed by atoms with Gasteiger partial charge in [0.1, 0.15) is 5.82 Å². The summed E-state index contributed by atoms with van der Waals surface area (Å²) >= 11 is 7.20. The van der Waals surface area contributed by atoms with Crippen LogP contribution in [-0.4, -0.2) is 5.78 Å². The molecule has 0 bridgehead atoms. The SMILES string of the molecule is NC1=C(c2cccc(Cl)c2)C(=O)C(c2cccc(F)c2)S1. The molecule has 0 amide bonds. The molecule has 2 N–H and O–H groups in total. The van der Waals surface area contributed by atoms with Crippen molar-refractivity contribution in [1.29, 1.82) is 0 Å². The van der Waals surface area contributed by atoms with Crippen molar-refractivity contribution < 1.29 is 9.18 Å². The number of hydrogen-bond acceptors (Lipinski definition) is 3. The molecule has 1 aliphatic rings. The van der Waals surface area contributed by atoms with E-state index in [1.165, 1.54) is 23.9 Å². The van der Waals surface area contributed by atoms with Crippen molar-refractivity contribution in [3.05, 3.63) is 75.5 Å². The summed E-state index contributed by atoms with van der Waals surface area (Å²) in [4.78, 5) is 12.6. The van der Waals surface area contributed by atoms with Gasteiger partial charge in [0, 0.05) is 5.02 Å². The second-order valence-electron chi connectivity index (χ2n) is 4.67. The predicted molar refractivity (Wildman–Crippen MR) is 84.3 cm³/mol. The molecule has 106 valence electrons. The third kappa shape index (κ3) is 2.69. The first-order valence-corrected chi connectivity index (χ1v) is 7.54. The number of halogens is 2. The lowest BCUT2D eigenvalue weighted by Gasteiger charge is -2.09. The fourth-order valence-electron chi connectivity index (χ4n) is 2.31. The fraction of sp³-hybridized carbons (Fsp3) is 0.0625. The summed E-state index contributed by atoms with van der Waals surface area (Å²) < 4.78 is 13.3. The van der Waals surface area contributed by atoms with Crippen LogP contribution < -0.4 is 5.73 Å². The predicted octanol–water partition coefficient (Wildman–Crippen LogP) is 4.16. The Morgan fingerprint density at radius 2 is 1.90 bits per heavy atom. The van der Waals surface area contributed by atoms with Crippen LogP contribution in [0.4, 0.5) is 4.39 Å². The lowest BCUT2D eigenvalue weighted by Crippen LogP contribution is -2.07. The highest BCUT2D eigenvalue weighted by molar-refractivity contribution is 8.04. The van der Waals surface area contributed by atoms with E-state index in [1.54, 1.807) is 36.4 Å². The Morgan fingerprint density at radius 1 is 1.14 bits per heavy atom. The summed E-state index contributed by atoms with van der Waals surface area (Å²) in [7, 11) is 0. The summed E-state index contributed by atoms with van der Waals surface area (Å²) in [5.41, 5.74) is 7.76. The molecular formula is C16H11ClFNOS. The number of carbonyl (C=O) groups is 1. The monoisotopic (exact) mass is 319 g/mol. The van der Waals surface area contributed by atoms with Crippen LogP contribution >= 0.6 is 23.4 Å². The quantitative estimate of drug-likeness (QED) is 0.903. The van der Waals surface area contributed by atoms with E-state index in [1.807, 2.05) is 0 Å². The standard InChI is InChI=1S/C16H11ClFNOS/c17-11-5-1-3-9(7-11)13-14(20)15(21-16(13)19)10-4-2-6-12(18)8-10/h1-8,15H,19H2. The van der Waals surface area contributed by atoms with Crippen LogP contribution in [0.3, 0.4) is 0 Å². The third-order valence-corrected chi connectivity index (χ3v) is 4.66. The zero-order valence-corrected chi connectivity index (χ0v) is 12.4. The van der Waals surface area contributed by atoms with E-state index in [2.05, 4.69) is 0 Å². The molecule has 3 rings (SSSR count). The van der Waals surface area contributed by atoms with Gasteiger partial charge in [-0.25, -0.2) is 4.39 Å². The number of rotatable bonds is 2. The Bertz CT molecular complexity index is 759. The molecule has 5 heteroatoms. The summed E-state index contributed by atoms with van der Waals surface area (Å²) in [5.74, 6) is -0.485. The van der Waals surface area contributed by atoms with Crippen LogP contribution in [0.25, 0.3) is 5.57 Å². The largest absolute Gasteiger partial charge is 0.393 e. The number of ketones is 1. The summed E-state index contributed by atoms with van der Waals surface area (Å²) in [6, 6.07) is 13.0. The van der Waals surface area contributed by atoms with Gasteiger partial charge in [-0.05, 0) is 35.4 Å². The van der Waals surface area contributed by atoms with Gasteiger partial charge in [0.2, 0.25) is 0 Å². The zero-order valence-electron chi connectivity index (χ0n) is 10.8. The molecule has 21 heavy (non-hydrogen) atoms. The van der Waals surface area contributed by atoms with Gasteiger partial charge in [-0.2, -0.15) is 0 Å². The normalized spacial score (nSPS) is 18.4. The Hall–Kier alpha value is -1.78. The van der Waals surface area contributed by atoms with Crippen molar-refractivity contribution in [1.82, 2.24) is 0 Å². The van der Waals surface area contributed by atoms with Gasteiger partial charge in [-0.1, -0.05) is 47.6 Å². The van der Waals surface area contributed by atoms with E-state index in [9.17, 15) is 9.18 Å². The average molecular weight is 320 g/mol. The van der Waals surface area contributed by atoms with E-state index in [4.69, 9.17) is 17.3 Å². The van der Waals surface area contributed by atoms with E-state index < -0.39 is 5.25 Å². The fourth-order valence-corrected chi connectivity index (χ4v) is 3.60. The van der Waals surface area contributed by atoms with Crippen LogP contribution in [0.1, 0.15) is 16.4 Å². The number of benzene rings is 2. The van der Waals surface area contributed by atoms with Crippen molar-refractivity contribution in [2.75, 3.05) is 0 Å². The molecule has 0 aliphatic carbocycles. The van der Waals surface area contributed by atoms with Gasteiger partial charge in [0.05, 0.1) is 15.9 Å². The van der Waals surface area contributed by atoms with Gasteiger partial charge in [-0.3, -0.25) is 4.79 Å². The number of thioether (sulfide) groups is 1. The van der Waals surface area contributed by atoms with Crippen LogP contribution in [0, 0.1) is 5.82 Å². The van der Waals surface area contributed by atoms with Crippen molar-refractivity contribution in [3.63, 3.8) is 0 Å². The second-order valence-corrected chi connectivity index (χ2v) is 6.25. The topological polar surface area (TPSA) is 43.1 Å².